The molecule has 0 aromatic carbocycles. The largest absolute Gasteiger partial charge is 0.397 e. The number of likely N-dealkylation sites (N-methyl/N-ethyl adjacent to an activating group) is 1. The highest BCUT2D eigenvalue weighted by Crippen LogP contribution is 2.25. The van der Waals surface area contributed by atoms with Crippen LogP contribution in [-0.2, 0) is 0 Å². The van der Waals surface area contributed by atoms with Gasteiger partial charge < -0.3 is 21.3 Å². The van der Waals surface area contributed by atoms with Gasteiger partial charge in [0.15, 0.2) is 0 Å². The van der Waals surface area contributed by atoms with Crippen LogP contribution in [0.3, 0.4) is 0 Å². The molecular weight excluding hydrogens is 218 g/mol. The maximum absolute atomic E-state index is 9.76. The molecule has 5 N–H and O–H groups in total. The lowest BCUT2D eigenvalue weighted by Crippen LogP contribution is -2.29. The second-order valence-corrected chi connectivity index (χ2v) is 3.58. The Morgan fingerprint density at radius 1 is 1.60 bits per heavy atom. The zero-order chi connectivity index (χ0) is 11.4. The number of nitrogens with zero attached hydrogens (tertiary/aromatic N) is 1. The summed E-state index contributed by atoms with van der Waals surface area (Å²) in [6.45, 7) is 0.256. The molecule has 0 saturated heterocycles. The normalized spacial score (nSPS) is 14.9. The Bertz CT molecular complexity index is 335. The Hall–Kier alpha value is -0.880. The molecule has 0 fully saturated rings. The number of pyridine rings is 1. The molecule has 0 bridgehead atoms. The lowest BCUT2D eigenvalue weighted by atomic mass is 10.1. The van der Waals surface area contributed by atoms with E-state index in [0.29, 0.717) is 11.3 Å². The summed E-state index contributed by atoms with van der Waals surface area (Å²) in [5.41, 5.74) is 6.24. The maximum Gasteiger partial charge on any atom is 0.135 e. The number of rotatable bonds is 4. The zero-order valence-electron chi connectivity index (χ0n) is 8.31. The summed E-state index contributed by atoms with van der Waals surface area (Å²) in [5, 5.41) is 22.2. The van der Waals surface area contributed by atoms with Gasteiger partial charge >= 0.3 is 0 Å². The van der Waals surface area contributed by atoms with Gasteiger partial charge in [-0.3, -0.25) is 0 Å². The van der Waals surface area contributed by atoms with E-state index in [1.54, 1.807) is 7.05 Å². The number of nitrogens with two attached hydrogens (primary N) is 1. The van der Waals surface area contributed by atoms with Crippen molar-refractivity contribution < 1.29 is 10.2 Å². The molecule has 0 aliphatic rings. The fourth-order valence-electron chi connectivity index (χ4n) is 1.22. The van der Waals surface area contributed by atoms with E-state index in [2.05, 4.69) is 10.3 Å². The van der Waals surface area contributed by atoms with Crippen molar-refractivity contribution in [3.8, 4) is 0 Å². The monoisotopic (exact) mass is 231 g/mol. The third-order valence-corrected chi connectivity index (χ3v) is 2.30. The highest BCUT2D eigenvalue weighted by atomic mass is 35.5. The molecule has 0 saturated carbocycles. The van der Waals surface area contributed by atoms with Crippen LogP contribution in [0.5, 0.6) is 0 Å². The number of nitrogen functional groups attached to an aromatic ring is 1. The van der Waals surface area contributed by atoms with Gasteiger partial charge in [-0.25, -0.2) is 4.98 Å². The molecule has 5 nitrogen and oxygen atoms in total. The van der Waals surface area contributed by atoms with E-state index in [1.165, 1.54) is 12.3 Å². The number of aliphatic hydroxyl groups excluding tert-OH is 2. The Kier molecular flexibility index (Phi) is 4.28. The molecule has 15 heavy (non-hydrogen) atoms. The highest BCUT2D eigenvalue weighted by Gasteiger charge is 2.20. The molecule has 1 rings (SSSR count). The van der Waals surface area contributed by atoms with Crippen LogP contribution in [-0.4, -0.2) is 34.9 Å². The van der Waals surface area contributed by atoms with E-state index < -0.39 is 12.2 Å². The molecule has 0 aliphatic heterocycles. The Labute approximate surface area is 92.9 Å². The molecule has 84 valence electrons. The summed E-state index contributed by atoms with van der Waals surface area (Å²) in [7, 11) is 1.68. The van der Waals surface area contributed by atoms with E-state index in [0.717, 1.165) is 0 Å². The van der Waals surface area contributed by atoms with Crippen LogP contribution in [0.4, 0.5) is 5.69 Å². The number of aliphatic hydroxyl groups is 2. The molecule has 2 atom stereocenters. The molecule has 1 aromatic rings. The van der Waals surface area contributed by atoms with Crippen molar-refractivity contribution in [1.29, 1.82) is 0 Å². The van der Waals surface area contributed by atoms with Crippen molar-refractivity contribution in [3.63, 3.8) is 0 Å². The van der Waals surface area contributed by atoms with Crippen LogP contribution >= 0.6 is 11.6 Å². The summed E-state index contributed by atoms with van der Waals surface area (Å²) >= 11 is 5.78. The molecular formula is C9H14ClN3O2. The summed E-state index contributed by atoms with van der Waals surface area (Å²) in [6.07, 6.45) is -0.653. The molecule has 2 unspecified atom stereocenters. The van der Waals surface area contributed by atoms with Gasteiger partial charge in [-0.2, -0.15) is 0 Å². The average molecular weight is 232 g/mol. The first-order valence-corrected chi connectivity index (χ1v) is 4.85. The van der Waals surface area contributed by atoms with Gasteiger partial charge in [0.05, 0.1) is 18.0 Å². The minimum atomic E-state index is -1.10. The van der Waals surface area contributed by atoms with Crippen molar-refractivity contribution >= 4 is 17.3 Å². The van der Waals surface area contributed by atoms with Crippen molar-refractivity contribution in [3.05, 3.63) is 23.0 Å². The third kappa shape index (κ3) is 3.04. The Morgan fingerprint density at radius 3 is 2.87 bits per heavy atom. The van der Waals surface area contributed by atoms with Gasteiger partial charge in [-0.05, 0) is 13.1 Å². The smallest absolute Gasteiger partial charge is 0.135 e. The van der Waals surface area contributed by atoms with Gasteiger partial charge in [-0.15, -0.1) is 0 Å². The van der Waals surface area contributed by atoms with Gasteiger partial charge in [0.2, 0.25) is 0 Å². The topological polar surface area (TPSA) is 91.4 Å². The van der Waals surface area contributed by atoms with E-state index in [1.807, 2.05) is 0 Å². The number of aromatic nitrogens is 1. The summed E-state index contributed by atoms with van der Waals surface area (Å²) in [4.78, 5) is 3.79. The van der Waals surface area contributed by atoms with E-state index in [4.69, 9.17) is 17.3 Å². The summed E-state index contributed by atoms with van der Waals surface area (Å²) in [5.74, 6) is 0. The third-order valence-electron chi connectivity index (χ3n) is 1.98. The zero-order valence-corrected chi connectivity index (χ0v) is 9.07. The van der Waals surface area contributed by atoms with Gasteiger partial charge in [-0.1, -0.05) is 11.6 Å². The Morgan fingerprint density at radius 2 is 2.27 bits per heavy atom. The lowest BCUT2D eigenvalue weighted by Gasteiger charge is -2.18. The standard InChI is InChI=1S/C9H14ClN3O2/c1-12-4-7(14)8(15)6-2-5(11)3-13-9(6)10/h2-3,7-8,12,14-15H,4,11H2,1H3. The number of hydrogen-bond acceptors (Lipinski definition) is 5. The quantitative estimate of drug-likeness (QED) is 0.545. The van der Waals surface area contributed by atoms with E-state index in [9.17, 15) is 10.2 Å². The number of nitrogens with one attached hydrogen (secondary N) is 1. The minimum absolute atomic E-state index is 0.145. The van der Waals surface area contributed by atoms with Gasteiger partial charge in [0, 0.05) is 12.1 Å². The van der Waals surface area contributed by atoms with Crippen molar-refractivity contribution in [2.45, 2.75) is 12.2 Å². The van der Waals surface area contributed by atoms with Crippen LogP contribution in [0.25, 0.3) is 0 Å². The predicted octanol–water partition coefficient (Wildman–Crippen LogP) is -0.0691. The van der Waals surface area contributed by atoms with Crippen LogP contribution in [0.15, 0.2) is 12.3 Å². The first-order chi connectivity index (χ1) is 7.06. The second-order valence-electron chi connectivity index (χ2n) is 3.22. The van der Waals surface area contributed by atoms with Gasteiger partial charge in [0.1, 0.15) is 11.3 Å². The number of hydrogen-bond donors (Lipinski definition) is 4. The molecule has 0 aliphatic carbocycles. The first-order valence-electron chi connectivity index (χ1n) is 4.48. The minimum Gasteiger partial charge on any atom is -0.397 e. The molecule has 0 amide bonds. The molecule has 1 aromatic heterocycles. The fourth-order valence-corrected chi connectivity index (χ4v) is 1.43. The average Bonchev–Trinajstić information content (AvgIpc) is 2.21. The van der Waals surface area contributed by atoms with E-state index >= 15 is 0 Å². The maximum atomic E-state index is 9.76. The first kappa shape index (κ1) is 12.2. The highest BCUT2D eigenvalue weighted by molar-refractivity contribution is 6.30. The van der Waals surface area contributed by atoms with Crippen LogP contribution in [0.2, 0.25) is 5.15 Å². The van der Waals surface area contributed by atoms with Crippen molar-refractivity contribution in [1.82, 2.24) is 10.3 Å². The van der Waals surface area contributed by atoms with Crippen molar-refractivity contribution in [2.75, 3.05) is 19.3 Å². The molecule has 0 radical (unpaired) electrons. The summed E-state index contributed by atoms with van der Waals surface area (Å²) < 4.78 is 0. The van der Waals surface area contributed by atoms with Crippen molar-refractivity contribution in [2.24, 2.45) is 0 Å². The SMILES string of the molecule is CNCC(O)C(O)c1cc(N)cnc1Cl. The van der Waals surface area contributed by atoms with Crippen LogP contribution in [0.1, 0.15) is 11.7 Å². The second kappa shape index (κ2) is 5.27. The van der Waals surface area contributed by atoms with Crippen LogP contribution in [0, 0.1) is 0 Å². The molecule has 1 heterocycles. The fraction of sp³-hybridized carbons (Fsp3) is 0.444. The van der Waals surface area contributed by atoms with Crippen LogP contribution < -0.4 is 11.1 Å². The molecule has 0 spiro atoms. The number of halogens is 1. The van der Waals surface area contributed by atoms with Gasteiger partial charge in [0.25, 0.3) is 0 Å². The van der Waals surface area contributed by atoms with E-state index in [-0.39, 0.29) is 11.7 Å². The molecule has 6 heteroatoms. The lowest BCUT2D eigenvalue weighted by molar-refractivity contribution is 0.0201. The summed E-state index contributed by atoms with van der Waals surface area (Å²) in [6, 6.07) is 1.50. The Balaban J connectivity index is 2.89. The number of anilines is 1. The predicted molar refractivity (Wildman–Crippen MR) is 58.6 cm³/mol.